The number of hydrogen-bond donors (Lipinski definition) is 11. The summed E-state index contributed by atoms with van der Waals surface area (Å²) in [4.78, 5) is 39.1. The van der Waals surface area contributed by atoms with Crippen molar-refractivity contribution in [2.45, 2.75) is 24.4 Å². The maximum atomic E-state index is 9.77. The minimum atomic E-state index is -2.27. The van der Waals surface area contributed by atoms with Gasteiger partial charge in [-0.3, -0.25) is 0 Å². The third-order valence-electron chi connectivity index (χ3n) is 1.61. The van der Waals surface area contributed by atoms with Crippen LogP contribution in [0.25, 0.3) is 0 Å². The number of aliphatic hydroxyl groups is 4. The number of aliphatic hydroxyl groups excluding tert-OH is 4. The first-order chi connectivity index (χ1) is 10.7. The Morgan fingerprint density at radius 1 is 0.500 bits per heavy atom. The molecule has 4 unspecified atom stereocenters. The average Bonchev–Trinajstić information content (AvgIpc) is 2.43. The summed E-state index contributed by atoms with van der Waals surface area (Å²) < 4.78 is 0. The normalized spacial score (nSPS) is 14.3. The maximum absolute atomic E-state index is 9.77. The van der Waals surface area contributed by atoms with Crippen molar-refractivity contribution in [3.05, 3.63) is 0 Å². The van der Waals surface area contributed by atoms with Crippen LogP contribution in [0.2, 0.25) is 0 Å². The molecule has 4 atom stereocenters. The first kappa shape index (κ1) is 26.6. The van der Waals surface area contributed by atoms with Crippen LogP contribution in [0, 0.1) is 0 Å². The predicted octanol–water partition coefficient (Wildman–Crippen LogP) is -6.30. The van der Waals surface area contributed by atoms with E-state index in [9.17, 15) is 19.2 Å². The number of rotatable bonds is 6. The van der Waals surface area contributed by atoms with E-state index in [1.807, 2.05) is 0 Å². The van der Waals surface area contributed by atoms with E-state index in [1.165, 1.54) is 0 Å². The molecule has 0 rings (SSSR count). The molecule has 0 aliphatic heterocycles. The summed E-state index contributed by atoms with van der Waals surface area (Å²) in [5, 5.41) is 86.6. The van der Waals surface area contributed by atoms with E-state index in [1.54, 1.807) is 0 Å². The van der Waals surface area contributed by atoms with E-state index in [2.05, 4.69) is 0 Å². The third-order valence-corrected chi connectivity index (χ3v) is 1.61. The SMILES string of the molecule is O=C(O)C(O)C(O)C(=O)O.O=C(O)C(O)C(O)C(=O)O.OB(O)O. The molecule has 16 heteroatoms. The van der Waals surface area contributed by atoms with Crippen molar-refractivity contribution in [1.29, 1.82) is 0 Å². The van der Waals surface area contributed by atoms with Crippen LogP contribution in [0.15, 0.2) is 0 Å². The number of carbonyl (C=O) groups is 4. The highest BCUT2D eigenvalue weighted by atomic mass is 16.5. The van der Waals surface area contributed by atoms with Crippen molar-refractivity contribution < 1.29 is 75.1 Å². The van der Waals surface area contributed by atoms with Crippen LogP contribution in [-0.2, 0) is 19.2 Å². The lowest BCUT2D eigenvalue weighted by Crippen LogP contribution is -2.39. The molecule has 0 bridgehead atoms. The zero-order valence-corrected chi connectivity index (χ0v) is 11.4. The Bertz CT molecular complexity index is 347. The molecule has 0 aromatic heterocycles. The van der Waals surface area contributed by atoms with Crippen molar-refractivity contribution in [2.24, 2.45) is 0 Å². The molecule has 0 heterocycles. The highest BCUT2D eigenvalue weighted by Crippen LogP contribution is 1.93. The summed E-state index contributed by atoms with van der Waals surface area (Å²) in [7, 11) is -2.17. The highest BCUT2D eigenvalue weighted by Gasteiger charge is 2.30. The van der Waals surface area contributed by atoms with Crippen LogP contribution in [0.5, 0.6) is 0 Å². The van der Waals surface area contributed by atoms with Gasteiger partial charge in [-0.25, -0.2) is 19.2 Å². The minimum Gasteiger partial charge on any atom is -0.479 e. The van der Waals surface area contributed by atoms with E-state index in [-0.39, 0.29) is 0 Å². The van der Waals surface area contributed by atoms with Crippen molar-refractivity contribution in [3.63, 3.8) is 0 Å². The van der Waals surface area contributed by atoms with Gasteiger partial charge in [0.25, 0.3) is 0 Å². The largest absolute Gasteiger partial charge is 0.631 e. The van der Waals surface area contributed by atoms with Crippen molar-refractivity contribution in [3.8, 4) is 0 Å². The second-order valence-electron chi connectivity index (χ2n) is 3.48. The Morgan fingerprint density at radius 2 is 0.583 bits per heavy atom. The predicted molar refractivity (Wildman–Crippen MR) is 67.0 cm³/mol. The van der Waals surface area contributed by atoms with Crippen LogP contribution < -0.4 is 0 Å². The fourth-order valence-electron chi connectivity index (χ4n) is 0.540. The summed E-state index contributed by atoms with van der Waals surface area (Å²) in [6.07, 6.45) is -9.06. The Kier molecular flexibility index (Phi) is 14.5. The third kappa shape index (κ3) is 14.6. The standard InChI is InChI=1S/2C4H6O6.BH3O3/c2*5-1(3(7)8)2(6)4(9)10;2-1(3)4/h2*1-2,5-6H,(H,7,8)(H,9,10);2-4H. The fourth-order valence-corrected chi connectivity index (χ4v) is 0.540. The van der Waals surface area contributed by atoms with Gasteiger partial charge in [0.1, 0.15) is 0 Å². The molecule has 24 heavy (non-hydrogen) atoms. The minimum absolute atomic E-state index is 1.77. The van der Waals surface area contributed by atoms with E-state index in [0.29, 0.717) is 0 Å². The van der Waals surface area contributed by atoms with Crippen LogP contribution >= 0.6 is 0 Å². The summed E-state index contributed by atoms with van der Waals surface area (Å²) in [5.41, 5.74) is 0. The molecule has 0 aliphatic carbocycles. The number of aliphatic carboxylic acids is 4. The van der Waals surface area contributed by atoms with Crippen molar-refractivity contribution in [1.82, 2.24) is 0 Å². The van der Waals surface area contributed by atoms with Gasteiger partial charge >= 0.3 is 31.2 Å². The number of carboxylic acid groups (broad SMARTS) is 4. The molecule has 0 aliphatic rings. The monoisotopic (exact) mass is 362 g/mol. The topological polar surface area (TPSA) is 291 Å². The van der Waals surface area contributed by atoms with Crippen LogP contribution in [0.3, 0.4) is 0 Å². The zero-order chi connectivity index (χ0) is 20.2. The Balaban J connectivity index is -0.000000301. The molecule has 11 N–H and O–H groups in total. The van der Waals surface area contributed by atoms with E-state index in [0.717, 1.165) is 0 Å². The van der Waals surface area contributed by atoms with Crippen LogP contribution in [0.4, 0.5) is 0 Å². The number of hydrogen-bond acceptors (Lipinski definition) is 11. The van der Waals surface area contributed by atoms with Crippen LogP contribution in [-0.4, -0.2) is 112 Å². The zero-order valence-electron chi connectivity index (χ0n) is 11.4. The fraction of sp³-hybridized carbons (Fsp3) is 0.500. The highest BCUT2D eigenvalue weighted by molar-refractivity contribution is 6.30. The molecule has 0 radical (unpaired) electrons. The van der Waals surface area contributed by atoms with E-state index in [4.69, 9.17) is 55.9 Å². The Hall–Kier alpha value is -2.34. The Labute approximate surface area is 132 Å². The van der Waals surface area contributed by atoms with Gasteiger partial charge in [0, 0.05) is 0 Å². The van der Waals surface area contributed by atoms with Gasteiger partial charge in [0.15, 0.2) is 24.4 Å². The lowest BCUT2D eigenvalue weighted by molar-refractivity contribution is -0.165. The molecule has 15 nitrogen and oxygen atoms in total. The lowest BCUT2D eigenvalue weighted by Gasteiger charge is -2.07. The molecule has 0 saturated heterocycles. The molecule has 0 saturated carbocycles. The summed E-state index contributed by atoms with van der Waals surface area (Å²) in [5.74, 6) is -7.07. The number of carboxylic acids is 4. The summed E-state index contributed by atoms with van der Waals surface area (Å²) >= 11 is 0. The first-order valence-corrected chi connectivity index (χ1v) is 5.34. The summed E-state index contributed by atoms with van der Waals surface area (Å²) in [6, 6.07) is 0. The van der Waals surface area contributed by atoms with Crippen molar-refractivity contribution >= 4 is 31.2 Å². The quantitative estimate of drug-likeness (QED) is 0.196. The first-order valence-electron chi connectivity index (χ1n) is 5.34. The molecular formula is C8H15BO15. The molecule has 0 amide bonds. The second-order valence-corrected chi connectivity index (χ2v) is 3.48. The van der Waals surface area contributed by atoms with Gasteiger partial charge in [-0.2, -0.15) is 0 Å². The van der Waals surface area contributed by atoms with Crippen molar-refractivity contribution in [2.75, 3.05) is 0 Å². The average molecular weight is 362 g/mol. The molecule has 140 valence electrons. The molecule has 0 fully saturated rings. The van der Waals surface area contributed by atoms with Gasteiger partial charge in [-0.1, -0.05) is 0 Å². The second kappa shape index (κ2) is 13.1. The molecule has 0 spiro atoms. The van der Waals surface area contributed by atoms with Gasteiger partial charge in [0.2, 0.25) is 0 Å². The van der Waals surface area contributed by atoms with Gasteiger partial charge in [-0.05, 0) is 0 Å². The lowest BCUT2D eigenvalue weighted by atomic mass is 10.2. The summed E-state index contributed by atoms with van der Waals surface area (Å²) in [6.45, 7) is 0. The van der Waals surface area contributed by atoms with E-state index < -0.39 is 55.6 Å². The smallest absolute Gasteiger partial charge is 0.479 e. The Morgan fingerprint density at radius 3 is 0.625 bits per heavy atom. The molecule has 0 aromatic carbocycles. The molecular weight excluding hydrogens is 347 g/mol. The van der Waals surface area contributed by atoms with Gasteiger partial charge < -0.3 is 55.9 Å². The maximum Gasteiger partial charge on any atom is 0.631 e. The molecule has 0 aromatic rings. The van der Waals surface area contributed by atoms with E-state index >= 15 is 0 Å². The van der Waals surface area contributed by atoms with Crippen LogP contribution in [0.1, 0.15) is 0 Å². The van der Waals surface area contributed by atoms with Gasteiger partial charge in [0.05, 0.1) is 0 Å². The van der Waals surface area contributed by atoms with Gasteiger partial charge in [-0.15, -0.1) is 0 Å².